The predicted molar refractivity (Wildman–Crippen MR) is 94.5 cm³/mol. The van der Waals surface area contributed by atoms with E-state index in [1.165, 1.54) is 18.4 Å². The zero-order valence-corrected chi connectivity index (χ0v) is 15.5. The van der Waals surface area contributed by atoms with Crippen molar-refractivity contribution < 1.29 is 9.53 Å². The molecule has 1 heterocycles. The van der Waals surface area contributed by atoms with E-state index in [1.807, 2.05) is 25.7 Å². The molecule has 0 bridgehead atoms. The summed E-state index contributed by atoms with van der Waals surface area (Å²) in [7, 11) is 0. The normalized spacial score (nSPS) is 26.8. The first-order valence-electron chi connectivity index (χ1n) is 9.11. The van der Waals surface area contributed by atoms with Crippen LogP contribution in [0.4, 0.5) is 4.79 Å². The van der Waals surface area contributed by atoms with E-state index < -0.39 is 5.60 Å². The molecule has 1 saturated heterocycles. The van der Waals surface area contributed by atoms with Gasteiger partial charge in [0.1, 0.15) is 5.60 Å². The van der Waals surface area contributed by atoms with Crippen LogP contribution in [0.25, 0.3) is 0 Å². The first-order valence-corrected chi connectivity index (χ1v) is 9.11. The maximum atomic E-state index is 12.1. The fourth-order valence-electron chi connectivity index (χ4n) is 3.77. The molecule has 0 radical (unpaired) electrons. The molecular formula is C19H34N2O2. The molecule has 2 aliphatic rings. The van der Waals surface area contributed by atoms with E-state index in [9.17, 15) is 4.79 Å². The van der Waals surface area contributed by atoms with Gasteiger partial charge in [0, 0.05) is 19.1 Å². The number of ether oxygens (including phenoxy) is 1. The first-order chi connectivity index (χ1) is 10.7. The summed E-state index contributed by atoms with van der Waals surface area (Å²) < 4.78 is 5.45. The number of rotatable bonds is 3. The molecule has 1 fully saturated rings. The number of hydrogen-bond acceptors (Lipinski definition) is 3. The average molecular weight is 322 g/mol. The zero-order valence-electron chi connectivity index (χ0n) is 15.5. The van der Waals surface area contributed by atoms with Crippen LogP contribution in [0.3, 0.4) is 0 Å². The Labute approximate surface area is 141 Å². The second-order valence-electron chi connectivity index (χ2n) is 8.45. The van der Waals surface area contributed by atoms with Crippen LogP contribution in [0.5, 0.6) is 0 Å². The monoisotopic (exact) mass is 322 g/mol. The minimum absolute atomic E-state index is 0.169. The van der Waals surface area contributed by atoms with Gasteiger partial charge in [-0.25, -0.2) is 4.79 Å². The van der Waals surface area contributed by atoms with E-state index in [0.29, 0.717) is 12.0 Å². The standard InChI is InChI=1S/C19H34N2O2/c1-14-10-15(2)12-16(11-14)13-20-17-6-8-21(9-7-17)18(22)23-19(3,4)5/h10,14,16-17,20H,6-9,11-13H2,1-5H3. The molecule has 2 unspecified atom stereocenters. The van der Waals surface area contributed by atoms with Crippen molar-refractivity contribution in [2.75, 3.05) is 19.6 Å². The third kappa shape index (κ3) is 6.17. The quantitative estimate of drug-likeness (QED) is 0.799. The molecule has 0 saturated carbocycles. The third-order valence-electron chi connectivity index (χ3n) is 4.73. The Morgan fingerprint density at radius 3 is 2.57 bits per heavy atom. The number of allylic oxidation sites excluding steroid dienone is 2. The third-order valence-corrected chi connectivity index (χ3v) is 4.73. The maximum Gasteiger partial charge on any atom is 0.410 e. The minimum atomic E-state index is -0.408. The van der Waals surface area contributed by atoms with Crippen molar-refractivity contribution in [3.63, 3.8) is 0 Å². The Kier molecular flexibility index (Phi) is 6.12. The lowest BCUT2D eigenvalue weighted by molar-refractivity contribution is 0.0197. The van der Waals surface area contributed by atoms with Crippen molar-refractivity contribution in [3.8, 4) is 0 Å². The summed E-state index contributed by atoms with van der Waals surface area (Å²) in [5.74, 6) is 1.48. The summed E-state index contributed by atoms with van der Waals surface area (Å²) in [4.78, 5) is 13.9. The highest BCUT2D eigenvalue weighted by molar-refractivity contribution is 5.68. The molecular weight excluding hydrogens is 288 g/mol. The van der Waals surface area contributed by atoms with Gasteiger partial charge in [-0.3, -0.25) is 0 Å². The molecule has 23 heavy (non-hydrogen) atoms. The summed E-state index contributed by atoms with van der Waals surface area (Å²) in [5, 5.41) is 3.73. The van der Waals surface area contributed by atoms with Crippen LogP contribution in [-0.4, -0.2) is 42.3 Å². The number of amides is 1. The molecule has 2 atom stereocenters. The molecule has 1 aliphatic heterocycles. The van der Waals surface area contributed by atoms with Crippen LogP contribution >= 0.6 is 0 Å². The van der Waals surface area contributed by atoms with E-state index in [-0.39, 0.29) is 6.09 Å². The average Bonchev–Trinajstić information content (AvgIpc) is 2.43. The second-order valence-corrected chi connectivity index (χ2v) is 8.45. The van der Waals surface area contributed by atoms with Gasteiger partial charge in [-0.15, -0.1) is 0 Å². The van der Waals surface area contributed by atoms with Gasteiger partial charge in [-0.2, -0.15) is 0 Å². The summed E-state index contributed by atoms with van der Waals surface area (Å²) in [6.45, 7) is 13.0. The first kappa shape index (κ1) is 18.3. The number of nitrogens with zero attached hydrogens (tertiary/aromatic N) is 1. The fraction of sp³-hybridized carbons (Fsp3) is 0.842. The van der Waals surface area contributed by atoms with Crippen LogP contribution in [0.15, 0.2) is 11.6 Å². The van der Waals surface area contributed by atoms with Crippen molar-refractivity contribution in [1.29, 1.82) is 0 Å². The summed E-state index contributed by atoms with van der Waals surface area (Å²) in [6.07, 6.45) is 6.82. The number of hydrogen-bond donors (Lipinski definition) is 1. The Morgan fingerprint density at radius 1 is 1.35 bits per heavy atom. The Bertz CT molecular complexity index is 431. The lowest BCUT2D eigenvalue weighted by Gasteiger charge is -2.35. The molecule has 4 heteroatoms. The molecule has 1 amide bonds. The lowest BCUT2D eigenvalue weighted by atomic mass is 9.83. The number of carbonyl (C=O) groups excluding carboxylic acids is 1. The molecule has 0 aromatic heterocycles. The van der Waals surface area contributed by atoms with Gasteiger partial charge < -0.3 is 15.0 Å². The van der Waals surface area contributed by atoms with Crippen LogP contribution in [-0.2, 0) is 4.74 Å². The fourth-order valence-corrected chi connectivity index (χ4v) is 3.77. The van der Waals surface area contributed by atoms with E-state index in [2.05, 4.69) is 25.2 Å². The zero-order chi connectivity index (χ0) is 17.0. The van der Waals surface area contributed by atoms with Crippen molar-refractivity contribution >= 4 is 6.09 Å². The van der Waals surface area contributed by atoms with Crippen molar-refractivity contribution in [2.45, 2.75) is 71.9 Å². The molecule has 2 rings (SSSR count). The Hall–Kier alpha value is -1.03. The van der Waals surface area contributed by atoms with Gasteiger partial charge in [0.05, 0.1) is 0 Å². The van der Waals surface area contributed by atoms with Crippen LogP contribution in [0, 0.1) is 11.8 Å². The molecule has 0 spiro atoms. The van der Waals surface area contributed by atoms with E-state index in [0.717, 1.165) is 38.4 Å². The summed E-state index contributed by atoms with van der Waals surface area (Å²) in [5.41, 5.74) is 1.13. The lowest BCUT2D eigenvalue weighted by Crippen LogP contribution is -2.47. The van der Waals surface area contributed by atoms with E-state index >= 15 is 0 Å². The van der Waals surface area contributed by atoms with Crippen LogP contribution < -0.4 is 5.32 Å². The Morgan fingerprint density at radius 2 is 2.00 bits per heavy atom. The minimum Gasteiger partial charge on any atom is -0.444 e. The van der Waals surface area contributed by atoms with Gasteiger partial charge in [-0.05, 0) is 71.8 Å². The number of piperidine rings is 1. The molecule has 4 nitrogen and oxygen atoms in total. The smallest absolute Gasteiger partial charge is 0.410 e. The maximum absolute atomic E-state index is 12.1. The van der Waals surface area contributed by atoms with E-state index in [1.54, 1.807) is 0 Å². The molecule has 132 valence electrons. The van der Waals surface area contributed by atoms with Crippen LogP contribution in [0.2, 0.25) is 0 Å². The SMILES string of the molecule is CC1=CC(C)CC(CNC2CCN(C(=O)OC(C)(C)C)CC2)C1. The molecule has 1 aliphatic carbocycles. The van der Waals surface area contributed by atoms with Gasteiger partial charge in [0.15, 0.2) is 0 Å². The molecule has 0 aromatic rings. The van der Waals surface area contributed by atoms with Gasteiger partial charge in [0.2, 0.25) is 0 Å². The largest absolute Gasteiger partial charge is 0.444 e. The highest BCUT2D eigenvalue weighted by Gasteiger charge is 2.27. The second kappa shape index (κ2) is 7.69. The number of carbonyl (C=O) groups is 1. The van der Waals surface area contributed by atoms with Crippen molar-refractivity contribution in [3.05, 3.63) is 11.6 Å². The number of likely N-dealkylation sites (tertiary alicyclic amines) is 1. The number of nitrogens with one attached hydrogen (secondary N) is 1. The van der Waals surface area contributed by atoms with Gasteiger partial charge >= 0.3 is 6.09 Å². The van der Waals surface area contributed by atoms with Crippen LogP contribution in [0.1, 0.15) is 60.3 Å². The van der Waals surface area contributed by atoms with Crippen molar-refractivity contribution in [1.82, 2.24) is 10.2 Å². The van der Waals surface area contributed by atoms with E-state index in [4.69, 9.17) is 4.74 Å². The summed E-state index contributed by atoms with van der Waals surface area (Å²) in [6, 6.07) is 0.537. The molecule has 1 N–H and O–H groups in total. The highest BCUT2D eigenvalue weighted by atomic mass is 16.6. The summed E-state index contributed by atoms with van der Waals surface area (Å²) >= 11 is 0. The van der Waals surface area contributed by atoms with Gasteiger partial charge in [0.25, 0.3) is 0 Å². The topological polar surface area (TPSA) is 41.6 Å². The Balaban J connectivity index is 1.69. The predicted octanol–water partition coefficient (Wildman–Crippen LogP) is 3.97. The highest BCUT2D eigenvalue weighted by Crippen LogP contribution is 2.27. The van der Waals surface area contributed by atoms with Gasteiger partial charge in [-0.1, -0.05) is 18.6 Å². The molecule has 0 aromatic carbocycles. The van der Waals surface area contributed by atoms with Crippen molar-refractivity contribution in [2.24, 2.45) is 11.8 Å².